The summed E-state index contributed by atoms with van der Waals surface area (Å²) in [6.07, 6.45) is 5.93. The smallest absolute Gasteiger partial charge is 0.323 e. The molecule has 3 N–H and O–H groups in total. The van der Waals surface area contributed by atoms with Crippen molar-refractivity contribution in [3.05, 3.63) is 58.9 Å². The predicted octanol–water partition coefficient (Wildman–Crippen LogP) is 0.683. The highest BCUT2D eigenvalue weighted by Crippen LogP contribution is 2.19. The van der Waals surface area contributed by atoms with Gasteiger partial charge in [0, 0.05) is 18.6 Å². The van der Waals surface area contributed by atoms with E-state index in [9.17, 15) is 9.59 Å². The highest BCUT2D eigenvalue weighted by Gasteiger charge is 2.13. The maximum atomic E-state index is 11.9. The van der Waals surface area contributed by atoms with Crippen molar-refractivity contribution in [1.82, 2.24) is 25.3 Å². The summed E-state index contributed by atoms with van der Waals surface area (Å²) in [7, 11) is 0. The van der Waals surface area contributed by atoms with E-state index in [1.807, 2.05) is 0 Å². The fourth-order valence-corrected chi connectivity index (χ4v) is 1.83. The molecule has 0 saturated carbocycles. The third-order valence-corrected chi connectivity index (χ3v) is 2.79. The number of hydrogen-bond acceptors (Lipinski definition) is 5. The number of H-pyrrole nitrogens is 2. The fourth-order valence-electron chi connectivity index (χ4n) is 1.83. The maximum absolute atomic E-state index is 11.9. The number of furan rings is 1. The molecule has 0 bridgehead atoms. The number of nitrogens with zero attached hydrogens (tertiary/aromatic N) is 2. The van der Waals surface area contributed by atoms with Crippen LogP contribution in [-0.2, 0) is 6.54 Å². The van der Waals surface area contributed by atoms with Crippen molar-refractivity contribution in [2.45, 2.75) is 6.54 Å². The van der Waals surface area contributed by atoms with Crippen LogP contribution in [0.4, 0.5) is 0 Å². The zero-order valence-corrected chi connectivity index (χ0v) is 10.8. The first kappa shape index (κ1) is 12.9. The summed E-state index contributed by atoms with van der Waals surface area (Å²) in [5.41, 5.74) is 0.850. The van der Waals surface area contributed by atoms with Crippen molar-refractivity contribution < 1.29 is 9.21 Å². The SMILES string of the molecule is O=C(NCc1nccnc1-c1ccco1)c1c[nH]c(=O)[nH]1. The molecule has 21 heavy (non-hydrogen) atoms. The van der Waals surface area contributed by atoms with Crippen molar-refractivity contribution >= 4 is 5.91 Å². The topological polar surface area (TPSA) is 117 Å². The number of carbonyl (C=O) groups excluding carboxylic acids is 1. The van der Waals surface area contributed by atoms with E-state index in [-0.39, 0.29) is 12.2 Å². The minimum atomic E-state index is -0.434. The lowest BCUT2D eigenvalue weighted by Gasteiger charge is -2.06. The second-order valence-corrected chi connectivity index (χ2v) is 4.17. The standard InChI is InChI=1S/C13H11N5O3/c19-12(9-7-17-13(20)18-9)16-6-8-11(15-4-3-14-8)10-2-1-5-21-10/h1-5,7H,6H2,(H,16,19)(H2,17,18,20). The van der Waals surface area contributed by atoms with Crippen LogP contribution in [0.2, 0.25) is 0 Å². The Labute approximate surface area is 118 Å². The molecule has 0 unspecified atom stereocenters. The monoisotopic (exact) mass is 285 g/mol. The van der Waals surface area contributed by atoms with Crippen molar-refractivity contribution in [3.8, 4) is 11.5 Å². The fraction of sp³-hybridized carbons (Fsp3) is 0.0769. The zero-order chi connectivity index (χ0) is 14.7. The molecule has 8 heteroatoms. The summed E-state index contributed by atoms with van der Waals surface area (Å²) < 4.78 is 5.29. The summed E-state index contributed by atoms with van der Waals surface area (Å²) >= 11 is 0. The van der Waals surface area contributed by atoms with Gasteiger partial charge in [-0.3, -0.25) is 9.78 Å². The van der Waals surface area contributed by atoms with Crippen LogP contribution in [0.25, 0.3) is 11.5 Å². The Morgan fingerprint density at radius 3 is 2.90 bits per heavy atom. The normalized spacial score (nSPS) is 10.5. The number of hydrogen-bond donors (Lipinski definition) is 3. The van der Waals surface area contributed by atoms with E-state index >= 15 is 0 Å². The molecular formula is C13H11N5O3. The average molecular weight is 285 g/mol. The molecule has 0 fully saturated rings. The first-order valence-electron chi connectivity index (χ1n) is 6.13. The summed E-state index contributed by atoms with van der Waals surface area (Å²) in [5, 5.41) is 2.66. The van der Waals surface area contributed by atoms with Crippen LogP contribution < -0.4 is 11.0 Å². The number of nitrogens with one attached hydrogen (secondary N) is 3. The number of aromatic amines is 2. The molecule has 0 aliphatic rings. The predicted molar refractivity (Wildman–Crippen MR) is 72.3 cm³/mol. The summed E-state index contributed by atoms with van der Waals surface area (Å²) in [5.74, 6) is 0.159. The highest BCUT2D eigenvalue weighted by molar-refractivity contribution is 5.91. The summed E-state index contributed by atoms with van der Waals surface area (Å²) in [6.45, 7) is 0.163. The second-order valence-electron chi connectivity index (χ2n) is 4.17. The van der Waals surface area contributed by atoms with Gasteiger partial charge in [-0.15, -0.1) is 0 Å². The van der Waals surface area contributed by atoms with Crippen LogP contribution in [0.1, 0.15) is 16.2 Å². The third kappa shape index (κ3) is 2.73. The lowest BCUT2D eigenvalue weighted by Crippen LogP contribution is -2.24. The van der Waals surface area contributed by atoms with E-state index in [2.05, 4.69) is 25.3 Å². The lowest BCUT2D eigenvalue weighted by molar-refractivity contribution is 0.0946. The largest absolute Gasteiger partial charge is 0.463 e. The average Bonchev–Trinajstić information content (AvgIpc) is 3.16. The van der Waals surface area contributed by atoms with Crippen LogP contribution in [-0.4, -0.2) is 25.8 Å². The number of imidazole rings is 1. The van der Waals surface area contributed by atoms with Gasteiger partial charge in [-0.05, 0) is 12.1 Å². The number of amides is 1. The molecule has 0 aromatic carbocycles. The van der Waals surface area contributed by atoms with E-state index in [1.54, 1.807) is 18.3 Å². The molecule has 0 aliphatic carbocycles. The molecule has 3 aromatic heterocycles. The molecule has 106 valence electrons. The van der Waals surface area contributed by atoms with Gasteiger partial charge in [0.1, 0.15) is 11.4 Å². The third-order valence-electron chi connectivity index (χ3n) is 2.79. The van der Waals surface area contributed by atoms with Gasteiger partial charge in [0.15, 0.2) is 5.76 Å². The summed E-state index contributed by atoms with van der Waals surface area (Å²) in [6, 6.07) is 3.51. The van der Waals surface area contributed by atoms with Crippen molar-refractivity contribution in [2.75, 3.05) is 0 Å². The zero-order valence-electron chi connectivity index (χ0n) is 10.8. The number of aromatic nitrogens is 4. The van der Waals surface area contributed by atoms with Gasteiger partial charge in [-0.2, -0.15) is 0 Å². The molecule has 3 rings (SSSR count). The first-order chi connectivity index (χ1) is 10.2. The van der Waals surface area contributed by atoms with Gasteiger partial charge < -0.3 is 19.7 Å². The molecule has 3 aromatic rings. The van der Waals surface area contributed by atoms with Gasteiger partial charge in [0.2, 0.25) is 0 Å². The van der Waals surface area contributed by atoms with Crippen molar-refractivity contribution in [3.63, 3.8) is 0 Å². The van der Waals surface area contributed by atoms with Gasteiger partial charge in [0.05, 0.1) is 18.5 Å². The molecule has 0 radical (unpaired) electrons. The van der Waals surface area contributed by atoms with E-state index < -0.39 is 11.6 Å². The van der Waals surface area contributed by atoms with Crippen LogP contribution in [0.3, 0.4) is 0 Å². The molecule has 0 spiro atoms. The van der Waals surface area contributed by atoms with Crippen LogP contribution >= 0.6 is 0 Å². The maximum Gasteiger partial charge on any atom is 0.323 e. The Balaban J connectivity index is 1.77. The second kappa shape index (κ2) is 5.45. The Morgan fingerprint density at radius 1 is 1.33 bits per heavy atom. The van der Waals surface area contributed by atoms with Crippen molar-refractivity contribution in [2.24, 2.45) is 0 Å². The molecule has 0 aliphatic heterocycles. The Hall–Kier alpha value is -3.16. The van der Waals surface area contributed by atoms with E-state index in [0.717, 1.165) is 0 Å². The number of rotatable bonds is 4. The van der Waals surface area contributed by atoms with E-state index in [1.165, 1.54) is 18.7 Å². The molecule has 0 atom stereocenters. The van der Waals surface area contributed by atoms with Crippen molar-refractivity contribution in [1.29, 1.82) is 0 Å². The minimum Gasteiger partial charge on any atom is -0.463 e. The van der Waals surface area contributed by atoms with E-state index in [4.69, 9.17) is 4.42 Å². The molecule has 0 saturated heterocycles. The molecule has 1 amide bonds. The molecule has 3 heterocycles. The number of carbonyl (C=O) groups is 1. The van der Waals surface area contributed by atoms with Gasteiger partial charge in [-0.25, -0.2) is 9.78 Å². The van der Waals surface area contributed by atoms with Crippen LogP contribution in [0.15, 0.2) is 46.2 Å². The lowest BCUT2D eigenvalue weighted by atomic mass is 10.2. The van der Waals surface area contributed by atoms with E-state index in [0.29, 0.717) is 17.1 Å². The van der Waals surface area contributed by atoms with Gasteiger partial charge in [0.25, 0.3) is 5.91 Å². The minimum absolute atomic E-state index is 0.156. The summed E-state index contributed by atoms with van der Waals surface area (Å²) in [4.78, 5) is 35.9. The van der Waals surface area contributed by atoms with Gasteiger partial charge >= 0.3 is 5.69 Å². The van der Waals surface area contributed by atoms with Gasteiger partial charge in [-0.1, -0.05) is 0 Å². The molecular weight excluding hydrogens is 274 g/mol. The quantitative estimate of drug-likeness (QED) is 0.651. The highest BCUT2D eigenvalue weighted by atomic mass is 16.3. The Bertz CT molecular complexity index is 803. The van der Waals surface area contributed by atoms with Crippen LogP contribution in [0.5, 0.6) is 0 Å². The first-order valence-corrected chi connectivity index (χ1v) is 6.13. The van der Waals surface area contributed by atoms with Crippen LogP contribution in [0, 0.1) is 0 Å². The Kier molecular flexibility index (Phi) is 3.34. The Morgan fingerprint density at radius 2 is 2.19 bits per heavy atom. The molecule has 8 nitrogen and oxygen atoms in total.